The molecule has 0 saturated heterocycles. The zero-order chi connectivity index (χ0) is 13.1. The van der Waals surface area contributed by atoms with Crippen molar-refractivity contribution in [3.05, 3.63) is 57.2 Å². The van der Waals surface area contributed by atoms with Gasteiger partial charge in [0.2, 0.25) is 0 Å². The summed E-state index contributed by atoms with van der Waals surface area (Å²) in [7, 11) is 0. The Labute approximate surface area is 119 Å². The maximum absolute atomic E-state index is 10.8. The number of para-hydroxylation sites is 1. The van der Waals surface area contributed by atoms with Gasteiger partial charge in [-0.1, -0.05) is 12.1 Å². The molecule has 0 aliphatic heterocycles. The van der Waals surface area contributed by atoms with Crippen LogP contribution in [-0.4, -0.2) is 11.1 Å². The van der Waals surface area contributed by atoms with E-state index in [9.17, 15) is 4.79 Å². The first-order valence-corrected chi connectivity index (χ1v) is 6.42. The molecule has 0 spiro atoms. The molecular weight excluding hydrogens is 343 g/mol. The summed E-state index contributed by atoms with van der Waals surface area (Å²) in [6.45, 7) is 1.83. The number of carboxylic acids is 1. The minimum Gasteiger partial charge on any atom is -0.478 e. The number of carbonyl (C=O) groups is 1. The van der Waals surface area contributed by atoms with Gasteiger partial charge in [0.1, 0.15) is 11.5 Å². The maximum atomic E-state index is 10.8. The van der Waals surface area contributed by atoms with E-state index in [0.29, 0.717) is 5.75 Å². The van der Waals surface area contributed by atoms with Crippen molar-refractivity contribution in [2.45, 2.75) is 6.92 Å². The van der Waals surface area contributed by atoms with Crippen molar-refractivity contribution in [1.82, 2.24) is 0 Å². The van der Waals surface area contributed by atoms with Crippen molar-refractivity contribution in [2.24, 2.45) is 0 Å². The van der Waals surface area contributed by atoms with Crippen LogP contribution in [0.1, 0.15) is 15.9 Å². The van der Waals surface area contributed by atoms with Gasteiger partial charge in [0.05, 0.1) is 9.13 Å². The van der Waals surface area contributed by atoms with Crippen LogP contribution in [0, 0.1) is 10.5 Å². The van der Waals surface area contributed by atoms with Crippen LogP contribution in [0.25, 0.3) is 0 Å². The molecule has 0 atom stereocenters. The van der Waals surface area contributed by atoms with E-state index >= 15 is 0 Å². The Morgan fingerprint density at radius 3 is 2.50 bits per heavy atom. The van der Waals surface area contributed by atoms with Gasteiger partial charge in [0.25, 0.3) is 0 Å². The van der Waals surface area contributed by atoms with Crippen LogP contribution in [0.3, 0.4) is 0 Å². The van der Waals surface area contributed by atoms with Crippen molar-refractivity contribution < 1.29 is 14.6 Å². The summed E-state index contributed by atoms with van der Waals surface area (Å²) >= 11 is 2.20. The van der Waals surface area contributed by atoms with Crippen molar-refractivity contribution in [3.8, 4) is 11.5 Å². The van der Waals surface area contributed by atoms with Crippen molar-refractivity contribution >= 4 is 28.6 Å². The van der Waals surface area contributed by atoms with Crippen LogP contribution < -0.4 is 4.74 Å². The Morgan fingerprint density at radius 1 is 1.17 bits per heavy atom. The first-order valence-electron chi connectivity index (χ1n) is 5.34. The monoisotopic (exact) mass is 354 g/mol. The van der Waals surface area contributed by atoms with Crippen LogP contribution in [0.5, 0.6) is 11.5 Å². The number of benzene rings is 2. The SMILES string of the molecule is Cc1cc(C(=O)O)ccc1Oc1ccccc1I. The van der Waals surface area contributed by atoms with E-state index < -0.39 is 5.97 Å². The van der Waals surface area contributed by atoms with Gasteiger partial charge in [-0.15, -0.1) is 0 Å². The second-order valence-corrected chi connectivity index (χ2v) is 4.98. The minimum atomic E-state index is -0.932. The molecule has 0 aliphatic carbocycles. The molecule has 0 fully saturated rings. The van der Waals surface area contributed by atoms with Crippen LogP contribution in [0.4, 0.5) is 0 Å². The van der Waals surface area contributed by atoms with E-state index in [4.69, 9.17) is 9.84 Å². The Hall–Kier alpha value is -1.56. The number of aryl methyl sites for hydroxylation is 1. The molecule has 3 nitrogen and oxygen atoms in total. The second-order valence-electron chi connectivity index (χ2n) is 3.82. The van der Waals surface area contributed by atoms with Gasteiger partial charge < -0.3 is 9.84 Å². The highest BCUT2D eigenvalue weighted by Crippen LogP contribution is 2.29. The lowest BCUT2D eigenvalue weighted by atomic mass is 10.1. The minimum absolute atomic E-state index is 0.266. The number of halogens is 1. The van der Waals surface area contributed by atoms with Gasteiger partial charge in [-0.25, -0.2) is 4.79 Å². The predicted molar refractivity (Wildman–Crippen MR) is 77.4 cm³/mol. The van der Waals surface area contributed by atoms with Gasteiger partial charge in [-0.05, 0) is 65.4 Å². The highest BCUT2D eigenvalue weighted by atomic mass is 127. The quantitative estimate of drug-likeness (QED) is 0.845. The number of aromatic carboxylic acids is 1. The Balaban J connectivity index is 2.30. The van der Waals surface area contributed by atoms with E-state index in [1.807, 2.05) is 31.2 Å². The third kappa shape index (κ3) is 2.81. The fraction of sp³-hybridized carbons (Fsp3) is 0.0714. The van der Waals surface area contributed by atoms with Gasteiger partial charge in [-0.3, -0.25) is 0 Å². The zero-order valence-corrected chi connectivity index (χ0v) is 11.8. The van der Waals surface area contributed by atoms with Crippen molar-refractivity contribution in [3.63, 3.8) is 0 Å². The largest absolute Gasteiger partial charge is 0.478 e. The van der Waals surface area contributed by atoms with Gasteiger partial charge in [-0.2, -0.15) is 0 Å². The lowest BCUT2D eigenvalue weighted by Gasteiger charge is -2.10. The summed E-state index contributed by atoms with van der Waals surface area (Å²) in [5.41, 5.74) is 1.07. The molecule has 1 N–H and O–H groups in total. The number of rotatable bonds is 3. The summed E-state index contributed by atoms with van der Waals surface area (Å²) in [6, 6.07) is 12.5. The number of ether oxygens (including phenoxy) is 1. The van der Waals surface area contributed by atoms with E-state index in [0.717, 1.165) is 14.9 Å². The third-order valence-electron chi connectivity index (χ3n) is 2.48. The topological polar surface area (TPSA) is 46.5 Å². The number of carboxylic acid groups (broad SMARTS) is 1. The fourth-order valence-electron chi connectivity index (χ4n) is 1.54. The lowest BCUT2D eigenvalue weighted by molar-refractivity contribution is 0.0697. The van der Waals surface area contributed by atoms with Gasteiger partial charge in [0, 0.05) is 0 Å². The van der Waals surface area contributed by atoms with Crippen LogP contribution in [0.15, 0.2) is 42.5 Å². The number of hydrogen-bond acceptors (Lipinski definition) is 2. The van der Waals surface area contributed by atoms with E-state index in [1.165, 1.54) is 0 Å². The van der Waals surface area contributed by atoms with Crippen LogP contribution in [-0.2, 0) is 0 Å². The molecule has 0 saturated carbocycles. The molecule has 0 unspecified atom stereocenters. The molecule has 2 aromatic carbocycles. The molecule has 0 bridgehead atoms. The average molecular weight is 354 g/mol. The van der Waals surface area contributed by atoms with Crippen LogP contribution in [0.2, 0.25) is 0 Å². The maximum Gasteiger partial charge on any atom is 0.335 e. The normalized spacial score (nSPS) is 10.1. The van der Waals surface area contributed by atoms with Crippen molar-refractivity contribution in [1.29, 1.82) is 0 Å². The van der Waals surface area contributed by atoms with Crippen molar-refractivity contribution in [2.75, 3.05) is 0 Å². The average Bonchev–Trinajstić information content (AvgIpc) is 2.34. The van der Waals surface area contributed by atoms with E-state index in [2.05, 4.69) is 22.6 Å². The molecular formula is C14H11IO3. The lowest BCUT2D eigenvalue weighted by Crippen LogP contribution is -1.97. The summed E-state index contributed by atoms with van der Waals surface area (Å²) in [4.78, 5) is 10.8. The first-order chi connectivity index (χ1) is 8.58. The standard InChI is InChI=1S/C14H11IO3/c1-9-8-10(14(16)17)6-7-12(9)18-13-5-3-2-4-11(13)15/h2-8H,1H3,(H,16,17). The number of hydrogen-bond donors (Lipinski definition) is 1. The molecule has 2 aromatic rings. The Bertz CT molecular complexity index is 593. The Kier molecular flexibility index (Phi) is 3.86. The summed E-state index contributed by atoms with van der Waals surface area (Å²) in [5.74, 6) is 0.507. The molecule has 0 radical (unpaired) electrons. The summed E-state index contributed by atoms with van der Waals surface area (Å²) in [6.07, 6.45) is 0. The molecule has 0 amide bonds. The molecule has 92 valence electrons. The van der Waals surface area contributed by atoms with Gasteiger partial charge >= 0.3 is 5.97 Å². The second kappa shape index (κ2) is 5.39. The zero-order valence-electron chi connectivity index (χ0n) is 9.68. The van der Waals surface area contributed by atoms with E-state index in [1.54, 1.807) is 18.2 Å². The predicted octanol–water partition coefficient (Wildman–Crippen LogP) is 4.09. The molecule has 4 heteroatoms. The molecule has 0 aliphatic rings. The fourth-order valence-corrected chi connectivity index (χ4v) is 2.04. The molecule has 2 rings (SSSR count). The summed E-state index contributed by atoms with van der Waals surface area (Å²) < 4.78 is 6.79. The molecule has 18 heavy (non-hydrogen) atoms. The van der Waals surface area contributed by atoms with E-state index in [-0.39, 0.29) is 5.56 Å². The molecule has 0 heterocycles. The van der Waals surface area contributed by atoms with Gasteiger partial charge in [0.15, 0.2) is 0 Å². The smallest absolute Gasteiger partial charge is 0.335 e. The highest BCUT2D eigenvalue weighted by Gasteiger charge is 2.08. The third-order valence-corrected chi connectivity index (χ3v) is 3.37. The Morgan fingerprint density at radius 2 is 1.89 bits per heavy atom. The van der Waals surface area contributed by atoms with Crippen LogP contribution >= 0.6 is 22.6 Å². The highest BCUT2D eigenvalue weighted by molar-refractivity contribution is 14.1. The first kappa shape index (κ1) is 12.9. The molecule has 0 aromatic heterocycles. The summed E-state index contributed by atoms with van der Waals surface area (Å²) in [5, 5.41) is 8.89.